The third kappa shape index (κ3) is 6.41. The molecule has 1 aromatic heterocycles. The molecule has 158 valence electrons. The predicted molar refractivity (Wildman–Crippen MR) is 121 cm³/mol. The Labute approximate surface area is 186 Å². The Hall–Kier alpha value is -2.17. The third-order valence-electron chi connectivity index (χ3n) is 4.51. The Morgan fingerprint density at radius 2 is 2.14 bits per heavy atom. The molecule has 29 heavy (non-hydrogen) atoms. The van der Waals surface area contributed by atoms with Crippen molar-refractivity contribution in [1.82, 2.24) is 15.6 Å². The van der Waals surface area contributed by atoms with E-state index in [1.807, 2.05) is 24.0 Å². The van der Waals surface area contributed by atoms with Crippen LogP contribution in [0.2, 0.25) is 0 Å². The fraction of sp³-hybridized carbons (Fsp3) is 0.400. The summed E-state index contributed by atoms with van der Waals surface area (Å²) in [7, 11) is 1.58. The van der Waals surface area contributed by atoms with Crippen LogP contribution in [0.15, 0.2) is 41.4 Å². The summed E-state index contributed by atoms with van der Waals surface area (Å²) in [5, 5.41) is 6.61. The fourth-order valence-electron chi connectivity index (χ4n) is 3.17. The van der Waals surface area contributed by atoms with Gasteiger partial charge in [0.05, 0.1) is 25.0 Å². The Morgan fingerprint density at radius 1 is 1.31 bits per heavy atom. The van der Waals surface area contributed by atoms with Crippen LogP contribution in [-0.2, 0) is 6.54 Å². The minimum absolute atomic E-state index is 0. The number of anilines is 1. The van der Waals surface area contributed by atoms with E-state index in [1.54, 1.807) is 13.2 Å². The van der Waals surface area contributed by atoms with Gasteiger partial charge in [0.2, 0.25) is 5.88 Å². The summed E-state index contributed by atoms with van der Waals surface area (Å²) >= 11 is 0. The number of rotatable bonds is 6. The number of hydrogen-bond donors (Lipinski definition) is 2. The van der Waals surface area contributed by atoms with Crippen LogP contribution in [0.5, 0.6) is 5.88 Å². The van der Waals surface area contributed by atoms with Gasteiger partial charge in [-0.25, -0.2) is 18.8 Å². The van der Waals surface area contributed by atoms with Crippen molar-refractivity contribution in [3.05, 3.63) is 53.7 Å². The van der Waals surface area contributed by atoms with E-state index in [9.17, 15) is 8.78 Å². The minimum atomic E-state index is -0.567. The molecule has 1 atom stereocenters. The summed E-state index contributed by atoms with van der Waals surface area (Å²) in [6.07, 6.45) is 0.832. The van der Waals surface area contributed by atoms with E-state index in [4.69, 9.17) is 4.74 Å². The van der Waals surface area contributed by atoms with Crippen molar-refractivity contribution >= 4 is 35.6 Å². The van der Waals surface area contributed by atoms with Gasteiger partial charge in [0, 0.05) is 37.8 Å². The molecule has 0 spiro atoms. The van der Waals surface area contributed by atoms with E-state index in [2.05, 4.69) is 20.6 Å². The van der Waals surface area contributed by atoms with Gasteiger partial charge in [-0.15, -0.1) is 24.0 Å². The maximum absolute atomic E-state index is 14.0. The number of pyridine rings is 1. The minimum Gasteiger partial charge on any atom is -0.481 e. The zero-order chi connectivity index (χ0) is 19.9. The van der Waals surface area contributed by atoms with E-state index in [0.29, 0.717) is 37.2 Å². The van der Waals surface area contributed by atoms with Gasteiger partial charge in [-0.1, -0.05) is 6.07 Å². The number of halogens is 3. The topological polar surface area (TPSA) is 61.8 Å². The van der Waals surface area contributed by atoms with Crippen LogP contribution >= 0.6 is 24.0 Å². The highest BCUT2D eigenvalue weighted by Gasteiger charge is 2.25. The lowest BCUT2D eigenvalue weighted by Crippen LogP contribution is -2.44. The second-order valence-electron chi connectivity index (χ2n) is 6.54. The molecule has 1 aliphatic rings. The van der Waals surface area contributed by atoms with Crippen LogP contribution in [0.4, 0.5) is 14.5 Å². The van der Waals surface area contributed by atoms with Gasteiger partial charge in [0.1, 0.15) is 11.6 Å². The average Bonchev–Trinajstić information content (AvgIpc) is 3.14. The molecule has 1 fully saturated rings. The number of aliphatic imine (C=N–C) groups is 1. The summed E-state index contributed by atoms with van der Waals surface area (Å²) in [5.74, 6) is 0.130. The molecule has 1 aliphatic heterocycles. The molecule has 0 aliphatic carbocycles. The number of guanidine groups is 1. The molecule has 2 aromatic rings. The smallest absolute Gasteiger partial charge is 0.213 e. The number of ether oxygens (including phenoxy) is 1. The molecule has 0 saturated carbocycles. The molecule has 3 rings (SSSR count). The third-order valence-corrected chi connectivity index (χ3v) is 4.51. The number of hydrogen-bond acceptors (Lipinski definition) is 4. The molecular weight excluding hydrogens is 491 g/mol. The summed E-state index contributed by atoms with van der Waals surface area (Å²) in [6.45, 7) is 4.44. The van der Waals surface area contributed by atoms with Crippen molar-refractivity contribution in [3.8, 4) is 5.88 Å². The first-order valence-corrected chi connectivity index (χ1v) is 9.33. The Balaban J connectivity index is 0.00000300. The fourth-order valence-corrected chi connectivity index (χ4v) is 3.17. The first-order valence-electron chi connectivity index (χ1n) is 9.33. The second kappa shape index (κ2) is 11.1. The van der Waals surface area contributed by atoms with Crippen LogP contribution in [0.25, 0.3) is 0 Å². The van der Waals surface area contributed by atoms with Crippen molar-refractivity contribution in [3.63, 3.8) is 0 Å². The van der Waals surface area contributed by atoms with E-state index < -0.39 is 11.6 Å². The summed E-state index contributed by atoms with van der Waals surface area (Å²) < 4.78 is 32.3. The van der Waals surface area contributed by atoms with Crippen LogP contribution < -0.4 is 20.3 Å². The monoisotopic (exact) mass is 517 g/mol. The molecular formula is C20H26F2IN5O. The van der Waals surface area contributed by atoms with Crippen molar-refractivity contribution in [2.45, 2.75) is 25.9 Å². The molecule has 1 aromatic carbocycles. The van der Waals surface area contributed by atoms with Crippen LogP contribution in [0.3, 0.4) is 0 Å². The molecule has 0 bridgehead atoms. The standard InChI is InChI=1S/C20H25F2N5O.HI/c1-3-23-20(24-12-15-5-4-6-19(25-15)28-2)26-16-9-10-27(13-16)18-8-7-14(21)11-17(18)22;/h4-8,11,16H,3,9-10,12-13H2,1-2H3,(H2,23,24,26);1H. The number of nitrogens with zero attached hydrogens (tertiary/aromatic N) is 3. The van der Waals surface area contributed by atoms with Crippen LogP contribution in [0, 0.1) is 11.6 Å². The van der Waals surface area contributed by atoms with Crippen molar-refractivity contribution in [1.29, 1.82) is 0 Å². The summed E-state index contributed by atoms with van der Waals surface area (Å²) in [5.41, 5.74) is 1.23. The molecule has 0 amide bonds. The Morgan fingerprint density at radius 3 is 2.86 bits per heavy atom. The lowest BCUT2D eigenvalue weighted by Gasteiger charge is -2.21. The van der Waals surface area contributed by atoms with Crippen LogP contribution in [-0.4, -0.2) is 43.7 Å². The SMILES string of the molecule is CCNC(=NCc1cccc(OC)n1)NC1CCN(c2ccc(F)cc2F)C1.I. The van der Waals surface area contributed by atoms with Gasteiger partial charge < -0.3 is 20.3 Å². The maximum atomic E-state index is 14.0. The molecule has 1 unspecified atom stereocenters. The van der Waals surface area contributed by atoms with E-state index in [0.717, 1.165) is 24.7 Å². The largest absolute Gasteiger partial charge is 0.481 e. The molecule has 6 nitrogen and oxygen atoms in total. The van der Waals surface area contributed by atoms with Crippen molar-refractivity contribution in [2.75, 3.05) is 31.6 Å². The van der Waals surface area contributed by atoms with E-state index in [1.165, 1.54) is 12.1 Å². The number of nitrogens with one attached hydrogen (secondary N) is 2. The quantitative estimate of drug-likeness (QED) is 0.350. The van der Waals surface area contributed by atoms with Crippen molar-refractivity contribution < 1.29 is 13.5 Å². The molecule has 9 heteroatoms. The average molecular weight is 517 g/mol. The second-order valence-corrected chi connectivity index (χ2v) is 6.54. The number of methoxy groups -OCH3 is 1. The van der Waals surface area contributed by atoms with Gasteiger partial charge >= 0.3 is 0 Å². The Kier molecular flexibility index (Phi) is 8.87. The summed E-state index contributed by atoms with van der Waals surface area (Å²) in [4.78, 5) is 10.9. The van der Waals surface area contributed by atoms with E-state index >= 15 is 0 Å². The molecule has 2 heterocycles. The number of aromatic nitrogens is 1. The molecule has 0 radical (unpaired) electrons. The van der Waals surface area contributed by atoms with Gasteiger partial charge in [-0.2, -0.15) is 0 Å². The Bertz CT molecular complexity index is 836. The van der Waals surface area contributed by atoms with Crippen molar-refractivity contribution in [2.24, 2.45) is 4.99 Å². The first kappa shape index (κ1) is 23.1. The number of benzene rings is 1. The van der Waals surface area contributed by atoms with Gasteiger partial charge in [-0.05, 0) is 31.5 Å². The lowest BCUT2D eigenvalue weighted by molar-refractivity contribution is 0.396. The van der Waals surface area contributed by atoms with Gasteiger partial charge in [0.25, 0.3) is 0 Å². The van der Waals surface area contributed by atoms with Gasteiger partial charge in [0.15, 0.2) is 5.96 Å². The highest BCUT2D eigenvalue weighted by atomic mass is 127. The molecule has 2 N–H and O–H groups in total. The van der Waals surface area contributed by atoms with Gasteiger partial charge in [-0.3, -0.25) is 0 Å². The zero-order valence-electron chi connectivity index (χ0n) is 16.5. The highest BCUT2D eigenvalue weighted by molar-refractivity contribution is 14.0. The normalized spacial score (nSPS) is 16.3. The predicted octanol–water partition coefficient (Wildman–Crippen LogP) is 3.32. The zero-order valence-corrected chi connectivity index (χ0v) is 18.8. The highest BCUT2D eigenvalue weighted by Crippen LogP contribution is 2.24. The molecule has 1 saturated heterocycles. The van der Waals surface area contributed by atoms with Crippen LogP contribution in [0.1, 0.15) is 19.0 Å². The summed E-state index contributed by atoms with van der Waals surface area (Å²) in [6, 6.07) is 9.36. The lowest BCUT2D eigenvalue weighted by atomic mass is 10.2. The van der Waals surface area contributed by atoms with E-state index in [-0.39, 0.29) is 30.0 Å². The first-order chi connectivity index (χ1) is 13.6. The maximum Gasteiger partial charge on any atom is 0.213 e.